The van der Waals surface area contributed by atoms with Crippen LogP contribution in [0.5, 0.6) is 0 Å². The van der Waals surface area contributed by atoms with Crippen LogP contribution in [0, 0.1) is 11.3 Å². The molecule has 0 atom stereocenters. The Balaban J connectivity index is 2.31. The van der Waals surface area contributed by atoms with Crippen LogP contribution in [0.1, 0.15) is 5.56 Å². The maximum Gasteiger partial charge on any atom is 0.101 e. The van der Waals surface area contributed by atoms with Crippen molar-refractivity contribution in [2.75, 3.05) is 0 Å². The number of aromatic nitrogens is 1. The minimum Gasteiger partial charge on any atom is -0.361 e. The van der Waals surface area contributed by atoms with Gasteiger partial charge in [0.05, 0.1) is 10.4 Å². The summed E-state index contributed by atoms with van der Waals surface area (Å²) in [6.07, 6.45) is 1.97. The summed E-state index contributed by atoms with van der Waals surface area (Å²) in [6, 6.07) is 12.2. The van der Waals surface area contributed by atoms with Crippen LogP contribution in [0.2, 0.25) is 0 Å². The van der Waals surface area contributed by atoms with E-state index in [0.717, 1.165) is 21.5 Å². The topological polar surface area (TPSA) is 39.6 Å². The first-order valence-electron chi connectivity index (χ1n) is 4.94. The number of H-pyrrole nitrogens is 1. The van der Waals surface area contributed by atoms with Crippen LogP contribution in [0.3, 0.4) is 0 Å². The lowest BCUT2D eigenvalue weighted by Crippen LogP contribution is -1.74. The molecule has 2 heterocycles. The number of benzene rings is 1. The van der Waals surface area contributed by atoms with E-state index in [2.05, 4.69) is 17.1 Å². The molecule has 1 N–H and O–H groups in total. The smallest absolute Gasteiger partial charge is 0.101 e. The maximum absolute atomic E-state index is 9.02. The summed E-state index contributed by atoms with van der Waals surface area (Å²) in [5.74, 6) is 0. The molecule has 0 saturated heterocycles. The Morgan fingerprint density at radius 3 is 2.94 bits per heavy atom. The average molecular weight is 224 g/mol. The molecule has 0 radical (unpaired) electrons. The van der Waals surface area contributed by atoms with Crippen LogP contribution in [-0.4, -0.2) is 4.98 Å². The number of nitrogens with one attached hydrogen (secondary N) is 1. The van der Waals surface area contributed by atoms with Crippen molar-refractivity contribution in [1.29, 1.82) is 5.26 Å². The van der Waals surface area contributed by atoms with Crippen molar-refractivity contribution in [3.05, 3.63) is 47.5 Å². The summed E-state index contributed by atoms with van der Waals surface area (Å²) in [6.45, 7) is 0. The van der Waals surface area contributed by atoms with E-state index in [0.29, 0.717) is 0 Å². The van der Waals surface area contributed by atoms with Crippen molar-refractivity contribution in [3.8, 4) is 16.5 Å². The van der Waals surface area contributed by atoms with Gasteiger partial charge in [0, 0.05) is 22.7 Å². The van der Waals surface area contributed by atoms with Crippen molar-refractivity contribution >= 4 is 22.2 Å². The molecular formula is C13H8N2S. The van der Waals surface area contributed by atoms with Crippen LogP contribution >= 0.6 is 11.3 Å². The Bertz CT molecular complexity index is 685. The molecule has 0 aliphatic carbocycles. The lowest BCUT2D eigenvalue weighted by Gasteiger charge is -1.95. The van der Waals surface area contributed by atoms with Gasteiger partial charge in [0.1, 0.15) is 6.07 Å². The molecule has 1 aromatic carbocycles. The molecule has 0 amide bonds. The van der Waals surface area contributed by atoms with Gasteiger partial charge in [-0.05, 0) is 17.5 Å². The predicted octanol–water partition coefficient (Wildman–Crippen LogP) is 3.77. The van der Waals surface area contributed by atoms with E-state index in [1.165, 1.54) is 5.39 Å². The second-order valence-electron chi connectivity index (χ2n) is 3.52. The molecule has 0 saturated carbocycles. The van der Waals surface area contributed by atoms with Crippen LogP contribution in [0.4, 0.5) is 0 Å². The van der Waals surface area contributed by atoms with Crippen molar-refractivity contribution < 1.29 is 0 Å². The van der Waals surface area contributed by atoms with Crippen molar-refractivity contribution in [3.63, 3.8) is 0 Å². The largest absolute Gasteiger partial charge is 0.361 e. The molecular weight excluding hydrogens is 216 g/mol. The highest BCUT2D eigenvalue weighted by atomic mass is 32.1. The van der Waals surface area contributed by atoms with E-state index in [-0.39, 0.29) is 0 Å². The highest BCUT2D eigenvalue weighted by Gasteiger charge is 2.10. The second-order valence-corrected chi connectivity index (χ2v) is 4.44. The molecule has 0 unspecified atom stereocenters. The van der Waals surface area contributed by atoms with Gasteiger partial charge in [-0.2, -0.15) is 5.26 Å². The molecule has 3 aromatic rings. The molecule has 0 fully saturated rings. The molecule has 2 nitrogen and oxygen atoms in total. The van der Waals surface area contributed by atoms with Gasteiger partial charge in [-0.1, -0.05) is 18.2 Å². The van der Waals surface area contributed by atoms with Crippen molar-refractivity contribution in [2.24, 2.45) is 0 Å². The van der Waals surface area contributed by atoms with E-state index in [9.17, 15) is 0 Å². The Morgan fingerprint density at radius 1 is 1.19 bits per heavy atom. The fourth-order valence-electron chi connectivity index (χ4n) is 1.87. The second kappa shape index (κ2) is 3.51. The summed E-state index contributed by atoms with van der Waals surface area (Å²) in [5, 5.41) is 12.1. The Hall–Kier alpha value is -2.05. The van der Waals surface area contributed by atoms with Gasteiger partial charge in [-0.3, -0.25) is 0 Å². The number of nitrogens with zero attached hydrogens (tertiary/aromatic N) is 1. The minimum atomic E-state index is 0.745. The summed E-state index contributed by atoms with van der Waals surface area (Å²) in [7, 11) is 0. The van der Waals surface area contributed by atoms with E-state index in [1.807, 2.05) is 35.8 Å². The van der Waals surface area contributed by atoms with Gasteiger partial charge in [0.15, 0.2) is 0 Å². The number of fused-ring (bicyclic) bond motifs is 1. The van der Waals surface area contributed by atoms with Crippen LogP contribution in [-0.2, 0) is 0 Å². The first-order valence-corrected chi connectivity index (χ1v) is 5.82. The average Bonchev–Trinajstić information content (AvgIpc) is 2.94. The Labute approximate surface area is 96.8 Å². The van der Waals surface area contributed by atoms with E-state index in [4.69, 9.17) is 5.26 Å². The molecule has 16 heavy (non-hydrogen) atoms. The number of nitriles is 1. The normalized spacial score (nSPS) is 10.4. The highest BCUT2D eigenvalue weighted by molar-refractivity contribution is 7.14. The minimum absolute atomic E-state index is 0.745. The molecule has 0 aliphatic heterocycles. The van der Waals surface area contributed by atoms with E-state index < -0.39 is 0 Å². The zero-order valence-corrected chi connectivity index (χ0v) is 9.21. The van der Waals surface area contributed by atoms with Crippen LogP contribution in [0.25, 0.3) is 21.3 Å². The number of aromatic amines is 1. The fourth-order valence-corrected chi connectivity index (χ4v) is 2.74. The van der Waals surface area contributed by atoms with Gasteiger partial charge in [-0.25, -0.2) is 0 Å². The highest BCUT2D eigenvalue weighted by Crippen LogP contribution is 2.34. The molecule has 0 bridgehead atoms. The zero-order chi connectivity index (χ0) is 11.0. The zero-order valence-electron chi connectivity index (χ0n) is 8.40. The number of hydrogen-bond donors (Lipinski definition) is 1. The molecule has 3 rings (SSSR count). The monoisotopic (exact) mass is 224 g/mol. The SMILES string of the molecule is N#Cc1ccsc1-c1c[nH]c2ccccc12. The van der Waals surface area contributed by atoms with Gasteiger partial charge in [0.25, 0.3) is 0 Å². The quantitative estimate of drug-likeness (QED) is 0.671. The first kappa shape index (κ1) is 9.20. The predicted molar refractivity (Wildman–Crippen MR) is 66.3 cm³/mol. The Morgan fingerprint density at radius 2 is 2.06 bits per heavy atom. The molecule has 76 valence electrons. The first-order chi connectivity index (χ1) is 7.90. The van der Waals surface area contributed by atoms with Gasteiger partial charge in [0.2, 0.25) is 0 Å². The fraction of sp³-hybridized carbons (Fsp3) is 0. The number of para-hydroxylation sites is 1. The van der Waals surface area contributed by atoms with Gasteiger partial charge >= 0.3 is 0 Å². The lowest BCUT2D eigenvalue weighted by molar-refractivity contribution is 1.47. The molecule has 2 aromatic heterocycles. The van der Waals surface area contributed by atoms with E-state index >= 15 is 0 Å². The van der Waals surface area contributed by atoms with Gasteiger partial charge < -0.3 is 4.98 Å². The number of thiophene rings is 1. The third-order valence-electron chi connectivity index (χ3n) is 2.62. The summed E-state index contributed by atoms with van der Waals surface area (Å²) in [5.41, 5.74) is 2.96. The number of rotatable bonds is 1. The third-order valence-corrected chi connectivity index (χ3v) is 3.57. The van der Waals surface area contributed by atoms with Crippen molar-refractivity contribution in [1.82, 2.24) is 4.98 Å². The number of hydrogen-bond acceptors (Lipinski definition) is 2. The van der Waals surface area contributed by atoms with E-state index in [1.54, 1.807) is 11.3 Å². The summed E-state index contributed by atoms with van der Waals surface area (Å²) < 4.78 is 0. The lowest BCUT2D eigenvalue weighted by atomic mass is 10.1. The van der Waals surface area contributed by atoms with Crippen molar-refractivity contribution in [2.45, 2.75) is 0 Å². The molecule has 0 spiro atoms. The summed E-state index contributed by atoms with van der Waals surface area (Å²) >= 11 is 1.60. The maximum atomic E-state index is 9.02. The standard InChI is InChI=1S/C13H8N2S/c14-7-9-5-6-16-13(9)11-8-15-12-4-2-1-3-10(11)12/h1-6,8,15H. The third kappa shape index (κ3) is 1.24. The Kier molecular flexibility index (Phi) is 2.02. The van der Waals surface area contributed by atoms with Crippen LogP contribution < -0.4 is 0 Å². The summed E-state index contributed by atoms with van der Waals surface area (Å²) in [4.78, 5) is 4.27. The van der Waals surface area contributed by atoms with Gasteiger partial charge in [-0.15, -0.1) is 11.3 Å². The van der Waals surface area contributed by atoms with Crippen LogP contribution in [0.15, 0.2) is 41.9 Å². The molecule has 0 aliphatic rings. The molecule has 3 heteroatoms.